The van der Waals surface area contributed by atoms with Gasteiger partial charge in [-0.05, 0) is 18.2 Å². The van der Waals surface area contributed by atoms with E-state index in [2.05, 4.69) is 9.97 Å². The number of nitrogens with zero attached hydrogens (tertiary/aromatic N) is 3. The Balaban J connectivity index is 2.33. The average Bonchev–Trinajstić information content (AvgIpc) is 2.78. The van der Waals surface area contributed by atoms with E-state index < -0.39 is 0 Å². The van der Waals surface area contributed by atoms with E-state index >= 15 is 0 Å². The Bertz CT molecular complexity index is 797. The number of ether oxygens (including phenoxy) is 1. The number of anilines is 1. The minimum Gasteiger partial charge on any atom is -0.497 e. The fourth-order valence-corrected chi connectivity index (χ4v) is 2.30. The fourth-order valence-electron chi connectivity index (χ4n) is 2.30. The zero-order valence-electron chi connectivity index (χ0n) is 11.3. The molecule has 0 saturated heterocycles. The molecular weight excluding hydrogens is 251 g/mol. The summed E-state index contributed by atoms with van der Waals surface area (Å²) in [7, 11) is 9.31. The van der Waals surface area contributed by atoms with Crippen molar-refractivity contribution in [1.29, 1.82) is 0 Å². The molecule has 2 heterocycles. The molecular formula is C14H13BN4O. The van der Waals surface area contributed by atoms with Gasteiger partial charge in [0.1, 0.15) is 25.1 Å². The highest BCUT2D eigenvalue weighted by molar-refractivity contribution is 6.30. The predicted molar refractivity (Wildman–Crippen MR) is 80.3 cm³/mol. The van der Waals surface area contributed by atoms with Crippen molar-refractivity contribution in [2.75, 3.05) is 12.8 Å². The van der Waals surface area contributed by atoms with Crippen molar-refractivity contribution in [3.63, 3.8) is 0 Å². The number of benzene rings is 1. The molecule has 0 aliphatic rings. The summed E-state index contributed by atoms with van der Waals surface area (Å²) in [5.74, 6) is 1.13. The van der Waals surface area contributed by atoms with Crippen molar-refractivity contribution >= 4 is 30.2 Å². The molecule has 0 fully saturated rings. The molecule has 98 valence electrons. The Morgan fingerprint density at radius 1 is 1.35 bits per heavy atom. The van der Waals surface area contributed by atoms with Crippen molar-refractivity contribution in [1.82, 2.24) is 14.5 Å². The third kappa shape index (κ3) is 1.89. The summed E-state index contributed by atoms with van der Waals surface area (Å²) in [6.07, 6.45) is 3.41. The summed E-state index contributed by atoms with van der Waals surface area (Å²) in [5.41, 5.74) is 8.80. The van der Waals surface area contributed by atoms with Crippen LogP contribution in [0.4, 0.5) is 5.82 Å². The van der Waals surface area contributed by atoms with Gasteiger partial charge in [-0.25, -0.2) is 4.98 Å². The molecule has 0 saturated carbocycles. The first-order chi connectivity index (χ1) is 9.60. The number of aromatic nitrogens is 3. The van der Waals surface area contributed by atoms with Crippen LogP contribution < -0.4 is 16.1 Å². The lowest BCUT2D eigenvalue weighted by atomic mass is 10.0. The Kier molecular flexibility index (Phi) is 2.86. The van der Waals surface area contributed by atoms with Crippen LogP contribution in [0.25, 0.3) is 22.2 Å². The van der Waals surface area contributed by atoms with Crippen molar-refractivity contribution in [3.05, 3.63) is 30.6 Å². The van der Waals surface area contributed by atoms with Crippen molar-refractivity contribution in [3.8, 4) is 17.0 Å². The molecule has 0 spiro atoms. The van der Waals surface area contributed by atoms with Gasteiger partial charge in [0.25, 0.3) is 0 Å². The molecule has 0 atom stereocenters. The number of nitrogens with two attached hydrogens (primary N) is 1. The number of hydrogen-bond donors (Lipinski definition) is 1. The van der Waals surface area contributed by atoms with Crippen LogP contribution >= 0.6 is 0 Å². The van der Waals surface area contributed by atoms with E-state index in [0.29, 0.717) is 17.1 Å². The lowest BCUT2D eigenvalue weighted by molar-refractivity contribution is 0.415. The highest BCUT2D eigenvalue weighted by Gasteiger charge is 2.14. The van der Waals surface area contributed by atoms with Crippen LogP contribution in [-0.4, -0.2) is 29.5 Å². The van der Waals surface area contributed by atoms with Crippen LogP contribution in [-0.2, 0) is 7.05 Å². The maximum atomic E-state index is 5.92. The van der Waals surface area contributed by atoms with Crippen LogP contribution in [0.2, 0.25) is 0 Å². The molecule has 0 aliphatic carbocycles. The normalized spacial score (nSPS) is 10.9. The minimum absolute atomic E-state index is 0.342. The van der Waals surface area contributed by atoms with Gasteiger partial charge in [0.15, 0.2) is 0 Å². The molecule has 3 aromatic rings. The third-order valence-corrected chi connectivity index (χ3v) is 3.27. The number of aryl methyl sites for hydroxylation is 1. The molecule has 2 aromatic heterocycles. The second-order valence-corrected chi connectivity index (χ2v) is 4.57. The standard InChI is InChI=1S/C14H13BN4O/c1-19-7-10(13-14(16)17-6-12(15)18-13)9-5-8(20-2)3-4-11(9)19/h3-7H,1-2H3,(H2,16,17). The topological polar surface area (TPSA) is 66.0 Å². The van der Waals surface area contributed by atoms with Gasteiger partial charge in [0.05, 0.1) is 7.11 Å². The summed E-state index contributed by atoms with van der Waals surface area (Å²) in [4.78, 5) is 8.36. The highest BCUT2D eigenvalue weighted by atomic mass is 16.5. The van der Waals surface area contributed by atoms with Crippen molar-refractivity contribution < 1.29 is 4.74 Å². The summed E-state index contributed by atoms with van der Waals surface area (Å²) >= 11 is 0. The van der Waals surface area contributed by atoms with E-state index in [9.17, 15) is 0 Å². The fraction of sp³-hybridized carbons (Fsp3) is 0.143. The van der Waals surface area contributed by atoms with Gasteiger partial charge in [-0.15, -0.1) is 0 Å². The monoisotopic (exact) mass is 264 g/mol. The second kappa shape index (κ2) is 4.56. The summed E-state index contributed by atoms with van der Waals surface area (Å²) in [5, 5.41) is 0.999. The SMILES string of the molecule is [B]c1cnc(N)c(-c2cn(C)c3ccc(OC)cc23)n1. The Morgan fingerprint density at radius 3 is 2.90 bits per heavy atom. The smallest absolute Gasteiger partial charge is 0.150 e. The maximum absolute atomic E-state index is 5.92. The largest absolute Gasteiger partial charge is 0.497 e. The van der Waals surface area contributed by atoms with E-state index in [1.54, 1.807) is 7.11 Å². The summed E-state index contributed by atoms with van der Waals surface area (Å²) < 4.78 is 7.28. The van der Waals surface area contributed by atoms with Gasteiger partial charge in [-0.2, -0.15) is 0 Å². The van der Waals surface area contributed by atoms with Gasteiger partial charge < -0.3 is 15.0 Å². The lowest BCUT2D eigenvalue weighted by Crippen LogP contribution is -2.12. The molecule has 2 N–H and O–H groups in total. The van der Waals surface area contributed by atoms with E-state index in [-0.39, 0.29) is 0 Å². The van der Waals surface area contributed by atoms with Crippen LogP contribution in [0.1, 0.15) is 0 Å². The maximum Gasteiger partial charge on any atom is 0.150 e. The van der Waals surface area contributed by atoms with Gasteiger partial charge in [-0.1, -0.05) is 0 Å². The third-order valence-electron chi connectivity index (χ3n) is 3.27. The number of nitrogen functional groups attached to an aromatic ring is 1. The van der Waals surface area contributed by atoms with Gasteiger partial charge in [0, 0.05) is 41.5 Å². The molecule has 0 amide bonds. The van der Waals surface area contributed by atoms with E-state index in [0.717, 1.165) is 22.2 Å². The Hall–Kier alpha value is -2.50. The minimum atomic E-state index is 0.342. The number of rotatable bonds is 2. The first-order valence-corrected chi connectivity index (χ1v) is 6.11. The van der Waals surface area contributed by atoms with Gasteiger partial charge >= 0.3 is 0 Å². The molecule has 0 bridgehead atoms. The molecule has 0 unspecified atom stereocenters. The molecule has 5 nitrogen and oxygen atoms in total. The van der Waals surface area contributed by atoms with Crippen LogP contribution in [0.15, 0.2) is 30.6 Å². The zero-order valence-corrected chi connectivity index (χ0v) is 11.3. The van der Waals surface area contributed by atoms with Gasteiger partial charge in [-0.3, -0.25) is 4.98 Å². The highest BCUT2D eigenvalue weighted by Crippen LogP contribution is 2.33. The average molecular weight is 264 g/mol. The number of methoxy groups -OCH3 is 1. The quantitative estimate of drug-likeness (QED) is 0.702. The first kappa shape index (κ1) is 12.5. The first-order valence-electron chi connectivity index (χ1n) is 6.11. The van der Waals surface area contributed by atoms with Gasteiger partial charge in [0.2, 0.25) is 0 Å². The lowest BCUT2D eigenvalue weighted by Gasteiger charge is -2.05. The Labute approximate surface area is 117 Å². The van der Waals surface area contributed by atoms with E-state index in [4.69, 9.17) is 18.3 Å². The number of hydrogen-bond acceptors (Lipinski definition) is 4. The second-order valence-electron chi connectivity index (χ2n) is 4.57. The molecule has 2 radical (unpaired) electrons. The van der Waals surface area contributed by atoms with E-state index in [1.807, 2.05) is 36.0 Å². The predicted octanol–water partition coefficient (Wildman–Crippen LogP) is 1.02. The molecule has 1 aromatic carbocycles. The summed E-state index contributed by atoms with van der Waals surface area (Å²) in [6.45, 7) is 0. The summed E-state index contributed by atoms with van der Waals surface area (Å²) in [6, 6.07) is 5.86. The molecule has 6 heteroatoms. The molecule has 3 rings (SSSR count). The Morgan fingerprint density at radius 2 is 2.15 bits per heavy atom. The van der Waals surface area contributed by atoms with Crippen LogP contribution in [0.3, 0.4) is 0 Å². The van der Waals surface area contributed by atoms with Crippen LogP contribution in [0, 0.1) is 0 Å². The van der Waals surface area contributed by atoms with Crippen molar-refractivity contribution in [2.45, 2.75) is 0 Å². The zero-order chi connectivity index (χ0) is 14.3. The van der Waals surface area contributed by atoms with E-state index in [1.165, 1.54) is 6.20 Å². The molecule has 20 heavy (non-hydrogen) atoms. The van der Waals surface area contributed by atoms with Crippen molar-refractivity contribution in [2.24, 2.45) is 7.05 Å². The number of fused-ring (bicyclic) bond motifs is 1. The molecule has 0 aliphatic heterocycles. The van der Waals surface area contributed by atoms with Crippen LogP contribution in [0.5, 0.6) is 5.75 Å².